The number of aliphatic hydroxyl groups is 1. The number of aliphatic hydroxyl groups excluding tert-OH is 1. The molecule has 2 saturated heterocycles. The second kappa shape index (κ2) is 4.48. The first kappa shape index (κ1) is 13.2. The van der Waals surface area contributed by atoms with Gasteiger partial charge in [-0.05, 0) is 0 Å². The van der Waals surface area contributed by atoms with E-state index in [1.54, 1.807) is 0 Å². The van der Waals surface area contributed by atoms with E-state index in [1.807, 2.05) is 0 Å². The summed E-state index contributed by atoms with van der Waals surface area (Å²) in [7, 11) is -3.36. The lowest BCUT2D eigenvalue weighted by Crippen LogP contribution is -2.54. The molecule has 1 atom stereocenters. The molecule has 2 aliphatic rings. The third kappa shape index (κ3) is 2.08. The van der Waals surface area contributed by atoms with Gasteiger partial charge in [-0.3, -0.25) is 9.69 Å². The molecule has 9 heteroatoms. The minimum absolute atomic E-state index is 0.00860. The number of hydrogen-bond donors (Lipinski definition) is 1. The number of carbonyl (C=O) groups is 2. The Labute approximate surface area is 105 Å². The van der Waals surface area contributed by atoms with Crippen LogP contribution in [-0.2, 0) is 14.8 Å². The molecule has 0 aromatic rings. The highest BCUT2D eigenvalue weighted by Gasteiger charge is 2.48. The van der Waals surface area contributed by atoms with Crippen molar-refractivity contribution in [3.05, 3.63) is 0 Å². The molecule has 0 radical (unpaired) electrons. The number of urea groups is 1. The van der Waals surface area contributed by atoms with E-state index in [0.29, 0.717) is 0 Å². The van der Waals surface area contributed by atoms with Crippen LogP contribution in [0.1, 0.15) is 0 Å². The molecule has 0 aliphatic carbocycles. The average molecular weight is 277 g/mol. The van der Waals surface area contributed by atoms with Gasteiger partial charge in [0.25, 0.3) is 5.91 Å². The Balaban J connectivity index is 2.19. The number of amides is 3. The molecule has 1 N–H and O–H groups in total. The van der Waals surface area contributed by atoms with E-state index in [2.05, 4.69) is 0 Å². The predicted octanol–water partition coefficient (Wildman–Crippen LogP) is -2.11. The Kier molecular flexibility index (Phi) is 3.30. The number of carbonyl (C=O) groups excluding carboxylic acids is 2. The SMILES string of the molecule is CS(=O)(=O)N1CCN2C(=O)N(CCO)C(=O)C2C1. The first-order chi connectivity index (χ1) is 8.36. The van der Waals surface area contributed by atoms with Crippen LogP contribution >= 0.6 is 0 Å². The fraction of sp³-hybridized carbons (Fsp3) is 0.778. The summed E-state index contributed by atoms with van der Waals surface area (Å²) in [5.41, 5.74) is 0. The highest BCUT2D eigenvalue weighted by molar-refractivity contribution is 7.88. The minimum atomic E-state index is -3.36. The predicted molar refractivity (Wildman–Crippen MR) is 61.1 cm³/mol. The van der Waals surface area contributed by atoms with Gasteiger partial charge in [0.05, 0.1) is 19.4 Å². The zero-order valence-electron chi connectivity index (χ0n) is 9.94. The topological polar surface area (TPSA) is 98.2 Å². The fourth-order valence-corrected chi connectivity index (χ4v) is 3.06. The van der Waals surface area contributed by atoms with Gasteiger partial charge in [-0.25, -0.2) is 13.2 Å². The molecule has 2 rings (SSSR count). The maximum atomic E-state index is 11.9. The van der Waals surface area contributed by atoms with Crippen molar-refractivity contribution in [3.8, 4) is 0 Å². The number of rotatable bonds is 3. The quantitative estimate of drug-likeness (QED) is 0.595. The van der Waals surface area contributed by atoms with E-state index in [0.717, 1.165) is 11.2 Å². The van der Waals surface area contributed by atoms with Crippen LogP contribution in [0.15, 0.2) is 0 Å². The van der Waals surface area contributed by atoms with Crippen LogP contribution in [0, 0.1) is 0 Å². The van der Waals surface area contributed by atoms with Crippen LogP contribution in [-0.4, -0.2) is 84.7 Å². The van der Waals surface area contributed by atoms with E-state index >= 15 is 0 Å². The maximum Gasteiger partial charge on any atom is 0.327 e. The lowest BCUT2D eigenvalue weighted by atomic mass is 10.2. The molecule has 18 heavy (non-hydrogen) atoms. The molecule has 0 aromatic heterocycles. The van der Waals surface area contributed by atoms with Gasteiger partial charge in [-0.1, -0.05) is 0 Å². The first-order valence-electron chi connectivity index (χ1n) is 5.54. The molecule has 0 bridgehead atoms. The molecule has 8 nitrogen and oxygen atoms in total. The monoisotopic (exact) mass is 277 g/mol. The van der Waals surface area contributed by atoms with Crippen molar-refractivity contribution < 1.29 is 23.1 Å². The van der Waals surface area contributed by atoms with Crippen LogP contribution in [0.2, 0.25) is 0 Å². The van der Waals surface area contributed by atoms with E-state index in [9.17, 15) is 18.0 Å². The Morgan fingerprint density at radius 2 is 2.00 bits per heavy atom. The zero-order valence-corrected chi connectivity index (χ0v) is 10.8. The number of sulfonamides is 1. The van der Waals surface area contributed by atoms with Crippen LogP contribution in [0.25, 0.3) is 0 Å². The van der Waals surface area contributed by atoms with Crippen molar-refractivity contribution in [1.82, 2.24) is 14.1 Å². The van der Waals surface area contributed by atoms with Crippen molar-refractivity contribution in [2.45, 2.75) is 6.04 Å². The van der Waals surface area contributed by atoms with Crippen LogP contribution < -0.4 is 0 Å². The summed E-state index contributed by atoms with van der Waals surface area (Å²) in [5.74, 6) is -0.442. The van der Waals surface area contributed by atoms with Crippen molar-refractivity contribution in [3.63, 3.8) is 0 Å². The second-order valence-electron chi connectivity index (χ2n) is 4.33. The zero-order chi connectivity index (χ0) is 13.5. The van der Waals surface area contributed by atoms with Gasteiger partial charge >= 0.3 is 6.03 Å². The number of β-amino-alcohol motifs (C(OH)–C–C–N with tert-alkyl or cyclic N) is 1. The number of fused-ring (bicyclic) bond motifs is 1. The van der Waals surface area contributed by atoms with Gasteiger partial charge in [0.15, 0.2) is 0 Å². The molecule has 2 heterocycles. The number of hydrogen-bond acceptors (Lipinski definition) is 5. The van der Waals surface area contributed by atoms with Crippen molar-refractivity contribution >= 4 is 22.0 Å². The normalized spacial score (nSPS) is 25.8. The third-order valence-electron chi connectivity index (χ3n) is 3.16. The summed E-state index contributed by atoms with van der Waals surface area (Å²) < 4.78 is 24.1. The van der Waals surface area contributed by atoms with Crippen LogP contribution in [0.5, 0.6) is 0 Å². The molecular formula is C9H15N3O5S. The van der Waals surface area contributed by atoms with Crippen molar-refractivity contribution in [2.75, 3.05) is 39.0 Å². The number of piperazine rings is 1. The largest absolute Gasteiger partial charge is 0.395 e. The molecule has 1 unspecified atom stereocenters. The fourth-order valence-electron chi connectivity index (χ4n) is 2.23. The number of imide groups is 1. The maximum absolute atomic E-state index is 11.9. The third-order valence-corrected chi connectivity index (χ3v) is 4.43. The Hall–Kier alpha value is -1.19. The average Bonchev–Trinajstić information content (AvgIpc) is 2.53. The van der Waals surface area contributed by atoms with E-state index in [4.69, 9.17) is 5.11 Å². The Morgan fingerprint density at radius 1 is 1.33 bits per heavy atom. The molecule has 3 amide bonds. The lowest BCUT2D eigenvalue weighted by molar-refractivity contribution is -0.129. The summed E-state index contributed by atoms with van der Waals surface area (Å²) in [5, 5.41) is 8.81. The molecule has 2 aliphatic heterocycles. The van der Waals surface area contributed by atoms with Gasteiger partial charge in [-0.15, -0.1) is 0 Å². The minimum Gasteiger partial charge on any atom is -0.395 e. The Bertz CT molecular complexity index is 477. The first-order valence-corrected chi connectivity index (χ1v) is 7.39. The summed E-state index contributed by atoms with van der Waals surface area (Å²) in [6.07, 6.45) is 1.08. The second-order valence-corrected chi connectivity index (χ2v) is 6.31. The van der Waals surface area contributed by atoms with Crippen LogP contribution in [0.3, 0.4) is 0 Å². The molecular weight excluding hydrogens is 262 g/mol. The van der Waals surface area contributed by atoms with E-state index < -0.39 is 28.0 Å². The summed E-state index contributed by atoms with van der Waals surface area (Å²) in [6, 6.07) is -1.21. The van der Waals surface area contributed by atoms with Gasteiger partial charge < -0.3 is 10.0 Å². The van der Waals surface area contributed by atoms with E-state index in [1.165, 1.54) is 9.21 Å². The summed E-state index contributed by atoms with van der Waals surface area (Å²) in [4.78, 5) is 26.1. The molecule has 0 aromatic carbocycles. The van der Waals surface area contributed by atoms with Crippen molar-refractivity contribution in [1.29, 1.82) is 0 Å². The molecule has 102 valence electrons. The highest BCUT2D eigenvalue weighted by Crippen LogP contribution is 2.22. The molecule has 2 fully saturated rings. The van der Waals surface area contributed by atoms with E-state index in [-0.39, 0.29) is 32.8 Å². The van der Waals surface area contributed by atoms with Crippen molar-refractivity contribution in [2.24, 2.45) is 0 Å². The van der Waals surface area contributed by atoms with Gasteiger partial charge in [0.1, 0.15) is 6.04 Å². The number of nitrogens with zero attached hydrogens (tertiary/aromatic N) is 3. The van der Waals surface area contributed by atoms with Gasteiger partial charge in [0, 0.05) is 19.6 Å². The Morgan fingerprint density at radius 3 is 2.56 bits per heavy atom. The molecule has 0 spiro atoms. The standard InChI is InChI=1S/C9H15N3O5S/c1-18(16,17)10-2-3-11-7(6-10)8(14)12(4-5-13)9(11)15/h7,13H,2-6H2,1H3. The smallest absolute Gasteiger partial charge is 0.327 e. The lowest BCUT2D eigenvalue weighted by Gasteiger charge is -2.33. The van der Waals surface area contributed by atoms with Crippen LogP contribution in [0.4, 0.5) is 4.79 Å². The summed E-state index contributed by atoms with van der Waals surface area (Å²) >= 11 is 0. The van der Waals surface area contributed by atoms with Gasteiger partial charge in [-0.2, -0.15) is 4.31 Å². The highest BCUT2D eigenvalue weighted by atomic mass is 32.2. The van der Waals surface area contributed by atoms with Gasteiger partial charge in [0.2, 0.25) is 10.0 Å². The molecule has 0 saturated carbocycles. The summed E-state index contributed by atoms with van der Waals surface area (Å²) in [6.45, 7) is 0.0360.